The second-order valence-electron chi connectivity index (χ2n) is 2.58. The Labute approximate surface area is 80.6 Å². The first-order valence-corrected chi connectivity index (χ1v) is 3.62. The number of aromatic nitrogens is 2. The molecule has 1 heterocycles. The Morgan fingerprint density at radius 1 is 1.60 bits per heavy atom. The SMILES string of the molecule is Nc1cn[nH]c1NC(=O)C(F)(F)C(F)F. The lowest BCUT2D eigenvalue weighted by molar-refractivity contribution is -0.163. The van der Waals surface area contributed by atoms with Crippen LogP contribution in [0.4, 0.5) is 29.1 Å². The highest BCUT2D eigenvalue weighted by atomic mass is 19.3. The molecule has 1 aromatic rings. The third-order valence-corrected chi connectivity index (χ3v) is 1.48. The molecule has 0 unspecified atom stereocenters. The van der Waals surface area contributed by atoms with Crippen LogP contribution in [0.25, 0.3) is 0 Å². The van der Waals surface area contributed by atoms with E-state index in [1.54, 1.807) is 0 Å². The van der Waals surface area contributed by atoms with E-state index in [1.165, 1.54) is 5.32 Å². The van der Waals surface area contributed by atoms with Crippen molar-refractivity contribution in [2.45, 2.75) is 12.3 Å². The van der Waals surface area contributed by atoms with E-state index >= 15 is 0 Å². The molecular formula is C6H6F4N4O. The Bertz CT molecular complexity index is 364. The van der Waals surface area contributed by atoms with Crippen LogP contribution in [0.15, 0.2) is 6.20 Å². The molecular weight excluding hydrogens is 220 g/mol. The minimum atomic E-state index is -4.77. The van der Waals surface area contributed by atoms with Gasteiger partial charge in [0.05, 0.1) is 11.9 Å². The van der Waals surface area contributed by atoms with Crippen molar-refractivity contribution in [2.24, 2.45) is 0 Å². The largest absolute Gasteiger partial charge is 0.394 e. The highest BCUT2D eigenvalue weighted by Crippen LogP contribution is 2.25. The van der Waals surface area contributed by atoms with Crippen LogP contribution in [0.2, 0.25) is 0 Å². The maximum atomic E-state index is 12.4. The summed E-state index contributed by atoms with van der Waals surface area (Å²) in [6, 6.07) is 0. The van der Waals surface area contributed by atoms with Crippen LogP contribution in [0.1, 0.15) is 0 Å². The van der Waals surface area contributed by atoms with E-state index in [0.29, 0.717) is 0 Å². The number of hydrogen-bond donors (Lipinski definition) is 3. The van der Waals surface area contributed by atoms with Gasteiger partial charge in [0.15, 0.2) is 5.82 Å². The standard InChI is InChI=1S/C6H6F4N4O/c7-4(8)6(9,10)5(15)13-3-2(11)1-12-14-3/h1,4H,11H2,(H2,12,13,14,15). The van der Waals surface area contributed by atoms with Crippen LogP contribution in [0, 0.1) is 0 Å². The summed E-state index contributed by atoms with van der Waals surface area (Å²) in [4.78, 5) is 10.7. The summed E-state index contributed by atoms with van der Waals surface area (Å²) in [6.45, 7) is 0. The zero-order chi connectivity index (χ0) is 11.6. The molecule has 0 radical (unpaired) electrons. The molecule has 0 aliphatic carbocycles. The minimum absolute atomic E-state index is 0.131. The van der Waals surface area contributed by atoms with E-state index < -0.39 is 18.3 Å². The van der Waals surface area contributed by atoms with Crippen molar-refractivity contribution < 1.29 is 22.4 Å². The predicted molar refractivity (Wildman–Crippen MR) is 42.6 cm³/mol. The Morgan fingerprint density at radius 3 is 2.60 bits per heavy atom. The molecule has 0 fully saturated rings. The van der Waals surface area contributed by atoms with Gasteiger partial charge in [0.25, 0.3) is 0 Å². The second-order valence-corrected chi connectivity index (χ2v) is 2.58. The topological polar surface area (TPSA) is 83.8 Å². The van der Waals surface area contributed by atoms with Crippen molar-refractivity contribution in [3.63, 3.8) is 0 Å². The van der Waals surface area contributed by atoms with Gasteiger partial charge in [-0.3, -0.25) is 9.89 Å². The molecule has 15 heavy (non-hydrogen) atoms. The normalized spacial score (nSPS) is 11.8. The summed E-state index contributed by atoms with van der Waals surface area (Å²) < 4.78 is 48.3. The number of carbonyl (C=O) groups excluding carboxylic acids is 1. The van der Waals surface area contributed by atoms with Gasteiger partial charge in [-0.05, 0) is 0 Å². The third kappa shape index (κ3) is 2.17. The number of H-pyrrole nitrogens is 1. The van der Waals surface area contributed by atoms with E-state index in [1.807, 2.05) is 0 Å². The number of aromatic amines is 1. The fourth-order valence-corrected chi connectivity index (χ4v) is 0.692. The van der Waals surface area contributed by atoms with Crippen molar-refractivity contribution in [3.05, 3.63) is 6.20 Å². The Balaban J connectivity index is 2.76. The lowest BCUT2D eigenvalue weighted by Gasteiger charge is -2.13. The van der Waals surface area contributed by atoms with Crippen molar-refractivity contribution in [3.8, 4) is 0 Å². The molecule has 0 aliphatic rings. The lowest BCUT2D eigenvalue weighted by atomic mass is 10.3. The number of nitrogens with two attached hydrogens (primary N) is 1. The van der Waals surface area contributed by atoms with Gasteiger partial charge in [-0.2, -0.15) is 13.9 Å². The summed E-state index contributed by atoms with van der Waals surface area (Å²) >= 11 is 0. The monoisotopic (exact) mass is 226 g/mol. The number of nitrogen functional groups attached to an aromatic ring is 1. The van der Waals surface area contributed by atoms with Gasteiger partial charge in [-0.15, -0.1) is 0 Å². The quantitative estimate of drug-likeness (QED) is 0.667. The first-order chi connectivity index (χ1) is 6.85. The molecule has 1 aromatic heterocycles. The molecule has 1 rings (SSSR count). The van der Waals surface area contributed by atoms with Crippen LogP contribution in [0.5, 0.6) is 0 Å². The highest BCUT2D eigenvalue weighted by molar-refractivity contribution is 5.97. The number of nitrogens with one attached hydrogen (secondary N) is 2. The molecule has 0 aromatic carbocycles. The van der Waals surface area contributed by atoms with Crippen LogP contribution in [-0.2, 0) is 4.79 Å². The van der Waals surface area contributed by atoms with Crippen LogP contribution >= 0.6 is 0 Å². The number of carbonyl (C=O) groups is 1. The number of rotatable bonds is 3. The summed E-state index contributed by atoms with van der Waals surface area (Å²) in [5.41, 5.74) is 5.04. The number of amides is 1. The molecule has 0 spiro atoms. The van der Waals surface area contributed by atoms with E-state index in [-0.39, 0.29) is 11.5 Å². The lowest BCUT2D eigenvalue weighted by Crippen LogP contribution is -2.41. The van der Waals surface area contributed by atoms with Crippen molar-refractivity contribution in [1.29, 1.82) is 0 Å². The van der Waals surface area contributed by atoms with Gasteiger partial charge in [0, 0.05) is 0 Å². The number of halogens is 4. The fourth-order valence-electron chi connectivity index (χ4n) is 0.692. The van der Waals surface area contributed by atoms with Crippen molar-refractivity contribution in [2.75, 3.05) is 11.1 Å². The van der Waals surface area contributed by atoms with E-state index in [2.05, 4.69) is 10.2 Å². The van der Waals surface area contributed by atoms with Gasteiger partial charge in [-0.25, -0.2) is 8.78 Å². The van der Waals surface area contributed by atoms with E-state index in [0.717, 1.165) is 6.20 Å². The molecule has 4 N–H and O–H groups in total. The third-order valence-electron chi connectivity index (χ3n) is 1.48. The zero-order valence-corrected chi connectivity index (χ0v) is 7.10. The fraction of sp³-hybridized carbons (Fsp3) is 0.333. The summed E-state index contributed by atoms with van der Waals surface area (Å²) in [6.07, 6.45) is -3.04. The summed E-state index contributed by atoms with van der Waals surface area (Å²) in [5.74, 6) is -7.26. The number of hydrogen-bond acceptors (Lipinski definition) is 3. The van der Waals surface area contributed by atoms with Crippen molar-refractivity contribution in [1.82, 2.24) is 10.2 Å². The molecule has 1 amide bonds. The minimum Gasteiger partial charge on any atom is -0.394 e. The van der Waals surface area contributed by atoms with Gasteiger partial charge < -0.3 is 11.1 Å². The molecule has 0 aliphatic heterocycles. The molecule has 0 bridgehead atoms. The van der Waals surface area contributed by atoms with Gasteiger partial charge in [0.2, 0.25) is 0 Å². The molecule has 0 saturated carbocycles. The average molecular weight is 226 g/mol. The van der Waals surface area contributed by atoms with Crippen LogP contribution in [-0.4, -0.2) is 28.5 Å². The second kappa shape index (κ2) is 3.75. The van der Waals surface area contributed by atoms with Crippen LogP contribution < -0.4 is 11.1 Å². The Kier molecular flexibility index (Phi) is 2.82. The zero-order valence-electron chi connectivity index (χ0n) is 7.10. The molecule has 0 atom stereocenters. The maximum Gasteiger partial charge on any atom is 0.383 e. The summed E-state index contributed by atoms with van der Waals surface area (Å²) in [7, 11) is 0. The highest BCUT2D eigenvalue weighted by Gasteiger charge is 2.49. The molecule has 5 nitrogen and oxygen atoms in total. The summed E-state index contributed by atoms with van der Waals surface area (Å²) in [5, 5.41) is 6.87. The van der Waals surface area contributed by atoms with Crippen molar-refractivity contribution >= 4 is 17.4 Å². The molecule has 84 valence electrons. The number of nitrogens with zero attached hydrogens (tertiary/aromatic N) is 1. The molecule has 0 saturated heterocycles. The van der Waals surface area contributed by atoms with Gasteiger partial charge in [-0.1, -0.05) is 0 Å². The predicted octanol–water partition coefficient (Wildman–Crippen LogP) is 0.831. The first-order valence-electron chi connectivity index (χ1n) is 3.62. The molecule has 9 heteroatoms. The van der Waals surface area contributed by atoms with Gasteiger partial charge in [0.1, 0.15) is 0 Å². The van der Waals surface area contributed by atoms with Gasteiger partial charge >= 0.3 is 18.3 Å². The Morgan fingerprint density at radius 2 is 2.20 bits per heavy atom. The smallest absolute Gasteiger partial charge is 0.383 e. The van der Waals surface area contributed by atoms with E-state index in [9.17, 15) is 22.4 Å². The van der Waals surface area contributed by atoms with Crippen LogP contribution in [0.3, 0.4) is 0 Å². The number of anilines is 2. The Hall–Kier alpha value is -1.80. The first kappa shape index (κ1) is 11.3. The average Bonchev–Trinajstić information content (AvgIpc) is 2.51. The number of alkyl halides is 4. The maximum absolute atomic E-state index is 12.4. The van der Waals surface area contributed by atoms with E-state index in [4.69, 9.17) is 5.73 Å².